The van der Waals surface area contributed by atoms with Crippen LogP contribution in [0.5, 0.6) is 11.6 Å². The molecule has 0 radical (unpaired) electrons. The van der Waals surface area contributed by atoms with Gasteiger partial charge < -0.3 is 10.1 Å². The summed E-state index contributed by atoms with van der Waals surface area (Å²) in [4.78, 5) is 4.09. The molecule has 21 heavy (non-hydrogen) atoms. The molecule has 0 aliphatic rings. The molecular formula is C16H18ClFN2O. The average molecular weight is 309 g/mol. The number of benzene rings is 1. The van der Waals surface area contributed by atoms with Crippen LogP contribution in [0.3, 0.4) is 0 Å². The molecular weight excluding hydrogens is 291 g/mol. The molecule has 0 amide bonds. The summed E-state index contributed by atoms with van der Waals surface area (Å²) in [6.45, 7) is 6.95. The van der Waals surface area contributed by atoms with Crippen LogP contribution in [-0.2, 0) is 6.54 Å². The van der Waals surface area contributed by atoms with Crippen LogP contribution >= 0.6 is 11.6 Å². The van der Waals surface area contributed by atoms with Gasteiger partial charge in [-0.15, -0.1) is 0 Å². The monoisotopic (exact) mass is 308 g/mol. The first-order chi connectivity index (χ1) is 9.85. The van der Waals surface area contributed by atoms with Crippen molar-refractivity contribution in [2.75, 3.05) is 0 Å². The van der Waals surface area contributed by atoms with Gasteiger partial charge in [0.15, 0.2) is 11.6 Å². The fraction of sp³-hybridized carbons (Fsp3) is 0.312. The predicted molar refractivity (Wildman–Crippen MR) is 82.3 cm³/mol. The second kappa shape index (κ2) is 6.41. The molecule has 2 aromatic rings. The minimum Gasteiger partial charge on any atom is -0.436 e. The van der Waals surface area contributed by atoms with Gasteiger partial charge >= 0.3 is 0 Å². The maximum Gasteiger partial charge on any atom is 0.219 e. The van der Waals surface area contributed by atoms with Gasteiger partial charge in [0.05, 0.1) is 5.02 Å². The van der Waals surface area contributed by atoms with Gasteiger partial charge in [-0.05, 0) is 44.5 Å². The van der Waals surface area contributed by atoms with E-state index in [0.717, 1.165) is 5.56 Å². The van der Waals surface area contributed by atoms with Gasteiger partial charge in [-0.3, -0.25) is 0 Å². The number of rotatable bonds is 4. The molecule has 2 rings (SSSR count). The Morgan fingerprint density at radius 1 is 1.29 bits per heavy atom. The fourth-order valence-electron chi connectivity index (χ4n) is 1.66. The molecule has 0 spiro atoms. The lowest BCUT2D eigenvalue weighted by Gasteiger charge is -2.20. The maximum atomic E-state index is 13.8. The van der Waals surface area contributed by atoms with E-state index < -0.39 is 5.82 Å². The highest BCUT2D eigenvalue weighted by Crippen LogP contribution is 2.28. The molecule has 0 saturated heterocycles. The Bertz CT molecular complexity index is 626. The van der Waals surface area contributed by atoms with Crippen molar-refractivity contribution in [1.82, 2.24) is 10.3 Å². The average Bonchev–Trinajstić information content (AvgIpc) is 2.41. The summed E-state index contributed by atoms with van der Waals surface area (Å²) in [5, 5.41) is 3.40. The largest absolute Gasteiger partial charge is 0.436 e. The topological polar surface area (TPSA) is 34.2 Å². The van der Waals surface area contributed by atoms with Crippen molar-refractivity contribution in [2.24, 2.45) is 0 Å². The number of hydrogen-bond acceptors (Lipinski definition) is 3. The van der Waals surface area contributed by atoms with Gasteiger partial charge in [0, 0.05) is 24.3 Å². The Kier molecular flexibility index (Phi) is 4.80. The molecule has 0 saturated carbocycles. The third-order valence-corrected chi connectivity index (χ3v) is 3.04. The summed E-state index contributed by atoms with van der Waals surface area (Å²) in [6, 6.07) is 8.29. The number of hydrogen-bond donors (Lipinski definition) is 1. The smallest absolute Gasteiger partial charge is 0.219 e. The van der Waals surface area contributed by atoms with Gasteiger partial charge in [0.25, 0.3) is 0 Å². The van der Waals surface area contributed by atoms with Gasteiger partial charge in [0.2, 0.25) is 5.88 Å². The summed E-state index contributed by atoms with van der Waals surface area (Å²) in [5.41, 5.74) is 1.03. The number of pyridine rings is 1. The van der Waals surface area contributed by atoms with E-state index in [-0.39, 0.29) is 16.3 Å². The highest BCUT2D eigenvalue weighted by molar-refractivity contribution is 6.30. The van der Waals surface area contributed by atoms with Crippen LogP contribution in [0.25, 0.3) is 0 Å². The molecule has 0 atom stereocenters. The van der Waals surface area contributed by atoms with Crippen molar-refractivity contribution in [2.45, 2.75) is 32.9 Å². The van der Waals surface area contributed by atoms with Crippen molar-refractivity contribution in [3.63, 3.8) is 0 Å². The van der Waals surface area contributed by atoms with Crippen LogP contribution in [0.2, 0.25) is 5.02 Å². The van der Waals surface area contributed by atoms with Gasteiger partial charge in [0.1, 0.15) is 0 Å². The van der Waals surface area contributed by atoms with Crippen LogP contribution in [0, 0.1) is 5.82 Å². The van der Waals surface area contributed by atoms with E-state index in [1.165, 1.54) is 12.1 Å². The Morgan fingerprint density at radius 3 is 2.76 bits per heavy atom. The van der Waals surface area contributed by atoms with E-state index in [9.17, 15) is 4.39 Å². The van der Waals surface area contributed by atoms with E-state index in [2.05, 4.69) is 31.1 Å². The highest BCUT2D eigenvalue weighted by Gasteiger charge is 2.11. The summed E-state index contributed by atoms with van der Waals surface area (Å²) in [5.74, 6) is -0.181. The number of nitrogens with zero attached hydrogens (tertiary/aromatic N) is 1. The molecule has 1 N–H and O–H groups in total. The Hall–Kier alpha value is -1.65. The minimum absolute atomic E-state index is 0.0172. The lowest BCUT2D eigenvalue weighted by atomic mass is 10.1. The van der Waals surface area contributed by atoms with Crippen LogP contribution in [-0.4, -0.2) is 10.5 Å². The molecule has 1 aromatic carbocycles. The van der Waals surface area contributed by atoms with Gasteiger partial charge in [-0.1, -0.05) is 17.7 Å². The van der Waals surface area contributed by atoms with Crippen LogP contribution < -0.4 is 10.1 Å². The maximum absolute atomic E-state index is 13.8. The zero-order valence-electron chi connectivity index (χ0n) is 12.3. The molecule has 5 heteroatoms. The zero-order chi connectivity index (χ0) is 15.5. The SMILES string of the molecule is CC(C)(C)NCc1ccnc(Oc2cccc(Cl)c2F)c1. The summed E-state index contributed by atoms with van der Waals surface area (Å²) < 4.78 is 19.3. The first-order valence-electron chi connectivity index (χ1n) is 6.67. The number of halogens is 2. The number of nitrogens with one attached hydrogen (secondary N) is 1. The third kappa shape index (κ3) is 4.69. The standard InChI is InChI=1S/C16H18ClFN2O/c1-16(2,3)20-10-11-7-8-19-14(9-11)21-13-6-4-5-12(17)15(13)18/h4-9,20H,10H2,1-3H3. The highest BCUT2D eigenvalue weighted by atomic mass is 35.5. The Balaban J connectivity index is 2.12. The second-order valence-electron chi connectivity index (χ2n) is 5.76. The van der Waals surface area contributed by atoms with Gasteiger partial charge in [-0.2, -0.15) is 0 Å². The van der Waals surface area contributed by atoms with Crippen molar-refractivity contribution in [1.29, 1.82) is 0 Å². The Morgan fingerprint density at radius 2 is 2.05 bits per heavy atom. The molecule has 0 aliphatic heterocycles. The molecule has 1 aromatic heterocycles. The third-order valence-electron chi connectivity index (χ3n) is 2.75. The van der Waals surface area contributed by atoms with Crippen LogP contribution in [0.1, 0.15) is 26.3 Å². The van der Waals surface area contributed by atoms with Crippen molar-refractivity contribution in [3.05, 3.63) is 52.9 Å². The first kappa shape index (κ1) is 15.7. The van der Waals surface area contributed by atoms with E-state index in [0.29, 0.717) is 12.4 Å². The van der Waals surface area contributed by atoms with Crippen molar-refractivity contribution < 1.29 is 9.13 Å². The van der Waals surface area contributed by atoms with E-state index >= 15 is 0 Å². The molecule has 0 bridgehead atoms. The lowest BCUT2D eigenvalue weighted by Crippen LogP contribution is -2.35. The number of aromatic nitrogens is 1. The molecule has 112 valence electrons. The van der Waals surface area contributed by atoms with Crippen LogP contribution in [0.15, 0.2) is 36.5 Å². The summed E-state index contributed by atoms with van der Waals surface area (Å²) in [6.07, 6.45) is 1.64. The molecule has 3 nitrogen and oxygen atoms in total. The second-order valence-corrected chi connectivity index (χ2v) is 6.17. The summed E-state index contributed by atoms with van der Waals surface area (Å²) in [7, 11) is 0. The zero-order valence-corrected chi connectivity index (χ0v) is 13.0. The minimum atomic E-state index is -0.584. The van der Waals surface area contributed by atoms with Crippen molar-refractivity contribution >= 4 is 11.6 Å². The molecule has 0 fully saturated rings. The predicted octanol–water partition coefficient (Wildman–Crippen LogP) is 4.55. The van der Waals surface area contributed by atoms with E-state index in [4.69, 9.17) is 16.3 Å². The molecule has 1 heterocycles. The molecule has 0 unspecified atom stereocenters. The lowest BCUT2D eigenvalue weighted by molar-refractivity contribution is 0.416. The Labute approximate surface area is 129 Å². The molecule has 0 aliphatic carbocycles. The fourth-order valence-corrected chi connectivity index (χ4v) is 1.82. The van der Waals surface area contributed by atoms with Gasteiger partial charge in [-0.25, -0.2) is 9.37 Å². The van der Waals surface area contributed by atoms with Crippen LogP contribution in [0.4, 0.5) is 4.39 Å². The summed E-state index contributed by atoms with van der Waals surface area (Å²) >= 11 is 5.73. The first-order valence-corrected chi connectivity index (χ1v) is 7.05. The quantitative estimate of drug-likeness (QED) is 0.899. The van der Waals surface area contributed by atoms with E-state index in [1.54, 1.807) is 18.3 Å². The normalized spacial score (nSPS) is 11.5. The number of ether oxygens (including phenoxy) is 1. The van der Waals surface area contributed by atoms with E-state index in [1.807, 2.05) is 6.07 Å². The van der Waals surface area contributed by atoms with Crippen molar-refractivity contribution in [3.8, 4) is 11.6 Å².